The fourth-order valence-electron chi connectivity index (χ4n) is 1.77. The molecule has 0 unspecified atom stereocenters. The van der Waals surface area contributed by atoms with Gasteiger partial charge >= 0.3 is 0 Å². The highest BCUT2D eigenvalue weighted by molar-refractivity contribution is 7.91. The lowest BCUT2D eigenvalue weighted by atomic mass is 10.2. The van der Waals surface area contributed by atoms with E-state index in [-0.39, 0.29) is 6.54 Å². The van der Waals surface area contributed by atoms with E-state index in [2.05, 4.69) is 15.0 Å². The third-order valence-electron chi connectivity index (χ3n) is 3.05. The summed E-state index contributed by atoms with van der Waals surface area (Å²) in [5.41, 5.74) is 1.90. The first-order valence-electron chi connectivity index (χ1n) is 6.71. The molecule has 0 radical (unpaired) electrons. The fourth-order valence-corrected chi connectivity index (χ4v) is 4.15. The lowest BCUT2D eigenvalue weighted by Crippen LogP contribution is -2.22. The van der Waals surface area contributed by atoms with Gasteiger partial charge < -0.3 is 5.32 Å². The van der Waals surface area contributed by atoms with Crippen molar-refractivity contribution in [2.24, 2.45) is 0 Å². The largest absolute Gasteiger partial charge is 0.312 e. The van der Waals surface area contributed by atoms with Gasteiger partial charge in [0.05, 0.1) is 0 Å². The maximum absolute atomic E-state index is 12.3. The summed E-state index contributed by atoms with van der Waals surface area (Å²) in [6.07, 6.45) is 3.38. The molecule has 0 bridgehead atoms. The van der Waals surface area contributed by atoms with Crippen LogP contribution in [0.4, 0.5) is 0 Å². The van der Waals surface area contributed by atoms with Crippen molar-refractivity contribution in [3.8, 4) is 0 Å². The van der Waals surface area contributed by atoms with Crippen molar-refractivity contribution in [3.63, 3.8) is 0 Å². The van der Waals surface area contributed by atoms with Crippen LogP contribution < -0.4 is 10.0 Å². The molecule has 0 spiro atoms. The number of thiophene rings is 1. The maximum atomic E-state index is 12.3. The quantitative estimate of drug-likeness (QED) is 0.817. The fraction of sp³-hybridized carbons (Fsp3) is 0.357. The van der Waals surface area contributed by atoms with Crippen LogP contribution in [-0.2, 0) is 23.1 Å². The van der Waals surface area contributed by atoms with Gasteiger partial charge in [0.2, 0.25) is 10.0 Å². The van der Waals surface area contributed by atoms with Crippen molar-refractivity contribution in [1.29, 1.82) is 0 Å². The van der Waals surface area contributed by atoms with E-state index >= 15 is 0 Å². The number of aromatic nitrogens is 1. The van der Waals surface area contributed by atoms with E-state index in [0.717, 1.165) is 22.5 Å². The number of hydrogen-bond donors (Lipinski definition) is 2. The Labute approximate surface area is 129 Å². The monoisotopic (exact) mass is 325 g/mol. The minimum absolute atomic E-state index is 0.252. The van der Waals surface area contributed by atoms with Crippen LogP contribution in [-0.4, -0.2) is 19.9 Å². The topological polar surface area (TPSA) is 71.1 Å². The lowest BCUT2D eigenvalue weighted by Gasteiger charge is -2.06. The minimum atomic E-state index is -3.47. The molecular weight excluding hydrogens is 306 g/mol. The molecule has 2 heterocycles. The molecule has 114 valence electrons. The molecule has 2 N–H and O–H groups in total. The SMILES string of the molecule is CCNCc1ccc(S(=O)(=O)NCc2cnccc2C)s1. The summed E-state index contributed by atoms with van der Waals surface area (Å²) in [6.45, 7) is 5.76. The summed E-state index contributed by atoms with van der Waals surface area (Å²) in [6, 6.07) is 5.36. The molecule has 2 aromatic heterocycles. The maximum Gasteiger partial charge on any atom is 0.250 e. The van der Waals surface area contributed by atoms with E-state index in [4.69, 9.17) is 0 Å². The standard InChI is InChI=1S/C14H19N3O2S2/c1-3-15-10-13-4-5-14(20-13)21(18,19)17-9-12-8-16-7-6-11(12)2/h4-8,15,17H,3,9-10H2,1-2H3. The Hall–Kier alpha value is -1.28. The highest BCUT2D eigenvalue weighted by Gasteiger charge is 2.16. The van der Waals surface area contributed by atoms with Crippen molar-refractivity contribution >= 4 is 21.4 Å². The summed E-state index contributed by atoms with van der Waals surface area (Å²) in [7, 11) is -3.47. The molecule has 7 heteroatoms. The average molecular weight is 325 g/mol. The molecule has 0 aliphatic heterocycles. The highest BCUT2D eigenvalue weighted by atomic mass is 32.2. The van der Waals surface area contributed by atoms with Gasteiger partial charge in [-0.05, 0) is 42.8 Å². The van der Waals surface area contributed by atoms with E-state index in [1.54, 1.807) is 18.5 Å². The van der Waals surface area contributed by atoms with E-state index in [0.29, 0.717) is 10.8 Å². The van der Waals surface area contributed by atoms with Crippen molar-refractivity contribution in [2.75, 3.05) is 6.54 Å². The lowest BCUT2D eigenvalue weighted by molar-refractivity contribution is 0.583. The molecule has 0 amide bonds. The van der Waals surface area contributed by atoms with E-state index in [9.17, 15) is 8.42 Å². The Kier molecular flexibility index (Phi) is 5.46. The van der Waals surface area contributed by atoms with E-state index < -0.39 is 10.0 Å². The van der Waals surface area contributed by atoms with Gasteiger partial charge in [-0.3, -0.25) is 4.98 Å². The molecule has 0 saturated carbocycles. The molecule has 0 aromatic carbocycles. The van der Waals surface area contributed by atoms with Gasteiger partial charge in [-0.25, -0.2) is 13.1 Å². The predicted molar refractivity (Wildman–Crippen MR) is 84.7 cm³/mol. The number of nitrogens with one attached hydrogen (secondary N) is 2. The minimum Gasteiger partial charge on any atom is -0.312 e. The molecule has 2 rings (SSSR count). The van der Waals surface area contributed by atoms with Crippen LogP contribution in [0.3, 0.4) is 0 Å². The summed E-state index contributed by atoms with van der Waals surface area (Å²) in [5.74, 6) is 0. The summed E-state index contributed by atoms with van der Waals surface area (Å²) < 4.78 is 27.5. The molecule has 0 atom stereocenters. The Morgan fingerprint density at radius 2 is 2.05 bits per heavy atom. The number of sulfonamides is 1. The van der Waals surface area contributed by atoms with Crippen molar-refractivity contribution in [2.45, 2.75) is 31.1 Å². The van der Waals surface area contributed by atoms with Crippen molar-refractivity contribution < 1.29 is 8.42 Å². The molecular formula is C14H19N3O2S2. The normalized spacial score (nSPS) is 11.7. The average Bonchev–Trinajstić information content (AvgIpc) is 2.94. The van der Waals surface area contributed by atoms with Crippen LogP contribution in [0, 0.1) is 6.92 Å². The Bertz CT molecular complexity index is 696. The molecule has 2 aromatic rings. The Morgan fingerprint density at radius 3 is 2.76 bits per heavy atom. The van der Waals surface area contributed by atoms with Gasteiger partial charge in [0.25, 0.3) is 0 Å². The van der Waals surface area contributed by atoms with E-state index in [1.807, 2.05) is 26.0 Å². The van der Waals surface area contributed by atoms with Crippen LogP contribution in [0.25, 0.3) is 0 Å². The Balaban J connectivity index is 2.05. The van der Waals surface area contributed by atoms with Crippen molar-refractivity contribution in [3.05, 3.63) is 46.6 Å². The molecule has 0 fully saturated rings. The molecule has 21 heavy (non-hydrogen) atoms. The van der Waals surface area contributed by atoms with Gasteiger partial charge in [-0.2, -0.15) is 0 Å². The second kappa shape index (κ2) is 7.13. The van der Waals surface area contributed by atoms with Crippen LogP contribution in [0.15, 0.2) is 34.8 Å². The summed E-state index contributed by atoms with van der Waals surface area (Å²) in [4.78, 5) is 5.03. The first kappa shape index (κ1) is 16.1. The molecule has 0 saturated heterocycles. The zero-order valence-corrected chi connectivity index (χ0v) is 13.7. The number of aryl methyl sites for hydroxylation is 1. The van der Waals surface area contributed by atoms with Gasteiger partial charge in [0.15, 0.2) is 0 Å². The summed E-state index contributed by atoms with van der Waals surface area (Å²) >= 11 is 1.29. The number of hydrogen-bond acceptors (Lipinski definition) is 5. The molecule has 0 aliphatic carbocycles. The van der Waals surface area contributed by atoms with Crippen molar-refractivity contribution in [1.82, 2.24) is 15.0 Å². The third-order valence-corrected chi connectivity index (χ3v) is 6.03. The van der Waals surface area contributed by atoms with Crippen LogP contribution in [0.1, 0.15) is 22.9 Å². The summed E-state index contributed by atoms with van der Waals surface area (Å²) in [5, 5.41) is 3.18. The Morgan fingerprint density at radius 1 is 1.24 bits per heavy atom. The second-order valence-electron chi connectivity index (χ2n) is 4.63. The highest BCUT2D eigenvalue weighted by Crippen LogP contribution is 2.21. The molecule has 0 aliphatic rings. The third kappa shape index (κ3) is 4.34. The van der Waals surface area contributed by atoms with Gasteiger partial charge in [-0.1, -0.05) is 6.92 Å². The molecule has 5 nitrogen and oxygen atoms in total. The first-order chi connectivity index (χ1) is 10.0. The second-order valence-corrected chi connectivity index (χ2v) is 7.79. The van der Waals surface area contributed by atoms with Crippen LogP contribution in [0.5, 0.6) is 0 Å². The predicted octanol–water partition coefficient (Wildman–Crippen LogP) is 2.04. The van der Waals surface area contributed by atoms with E-state index in [1.165, 1.54) is 11.3 Å². The van der Waals surface area contributed by atoms with Gasteiger partial charge in [0.1, 0.15) is 4.21 Å². The van der Waals surface area contributed by atoms with Gasteiger partial charge in [-0.15, -0.1) is 11.3 Å². The smallest absolute Gasteiger partial charge is 0.250 e. The van der Waals surface area contributed by atoms with Crippen LogP contribution in [0.2, 0.25) is 0 Å². The number of pyridine rings is 1. The zero-order chi connectivity index (χ0) is 15.3. The zero-order valence-electron chi connectivity index (χ0n) is 12.1. The first-order valence-corrected chi connectivity index (χ1v) is 9.01. The van der Waals surface area contributed by atoms with Crippen LogP contribution >= 0.6 is 11.3 Å². The number of nitrogens with zero attached hydrogens (tertiary/aromatic N) is 1. The number of rotatable bonds is 7. The van der Waals surface area contributed by atoms with Gasteiger partial charge in [0, 0.05) is 30.4 Å².